The number of benzene rings is 1. The van der Waals surface area contributed by atoms with E-state index in [0.29, 0.717) is 5.82 Å². The van der Waals surface area contributed by atoms with E-state index in [2.05, 4.69) is 25.7 Å². The molecule has 0 amide bonds. The van der Waals surface area contributed by atoms with Crippen LogP contribution in [-0.4, -0.2) is 21.4 Å². The Kier molecular flexibility index (Phi) is 3.97. The van der Waals surface area contributed by atoms with E-state index in [1.165, 1.54) is 6.20 Å². The van der Waals surface area contributed by atoms with Gasteiger partial charge in [-0.25, -0.2) is 9.89 Å². The summed E-state index contributed by atoms with van der Waals surface area (Å²) in [7, 11) is 0. The van der Waals surface area contributed by atoms with Crippen molar-refractivity contribution in [2.75, 3.05) is 5.43 Å². The molecule has 0 aliphatic rings. The molecule has 2 rings (SSSR count). The largest absolute Gasteiger partial charge is 0.363 e. The normalized spacial score (nSPS) is 11.1. The van der Waals surface area contributed by atoms with E-state index in [4.69, 9.17) is 0 Å². The second-order valence-corrected chi connectivity index (χ2v) is 3.33. The Hall–Kier alpha value is -2.76. The number of aromatic nitrogens is 3. The van der Waals surface area contributed by atoms with Crippen LogP contribution in [-0.2, 0) is 0 Å². The van der Waals surface area contributed by atoms with Crippen molar-refractivity contribution in [3.63, 3.8) is 0 Å². The summed E-state index contributed by atoms with van der Waals surface area (Å²) in [6.07, 6.45) is 6.63. The van der Waals surface area contributed by atoms with Crippen molar-refractivity contribution in [1.82, 2.24) is 15.2 Å². The van der Waals surface area contributed by atoms with Crippen molar-refractivity contribution in [2.45, 2.75) is 0 Å². The van der Waals surface area contributed by atoms with Gasteiger partial charge in [-0.1, -0.05) is 36.4 Å². The zero-order valence-corrected chi connectivity index (χ0v) is 9.45. The average Bonchev–Trinajstić information content (AvgIpc) is 2.40. The fourth-order valence-electron chi connectivity index (χ4n) is 1.23. The lowest BCUT2D eigenvalue weighted by molar-refractivity contribution is 0.913. The van der Waals surface area contributed by atoms with Crippen LogP contribution in [0.4, 0.5) is 5.82 Å². The van der Waals surface area contributed by atoms with Crippen LogP contribution in [0.3, 0.4) is 0 Å². The summed E-state index contributed by atoms with van der Waals surface area (Å²) in [5.74, 6) is 0.295. The third kappa shape index (κ3) is 3.67. The van der Waals surface area contributed by atoms with Gasteiger partial charge in [-0.2, -0.15) is 15.2 Å². The zero-order valence-electron chi connectivity index (χ0n) is 9.45. The Morgan fingerprint density at radius 1 is 1.28 bits per heavy atom. The third-order valence-corrected chi connectivity index (χ3v) is 2.00. The maximum atomic E-state index is 10.8. The summed E-state index contributed by atoms with van der Waals surface area (Å²) in [5.41, 5.74) is 3.16. The number of allylic oxidation sites excluding steroid dienone is 1. The lowest BCUT2D eigenvalue weighted by Gasteiger charge is -1.94. The fourth-order valence-corrected chi connectivity index (χ4v) is 1.23. The first-order valence-corrected chi connectivity index (χ1v) is 5.27. The minimum absolute atomic E-state index is 0.295. The van der Waals surface area contributed by atoms with Gasteiger partial charge in [0.05, 0.1) is 6.20 Å². The van der Waals surface area contributed by atoms with Gasteiger partial charge >= 0.3 is 5.69 Å². The number of hydrogen-bond acceptors (Lipinski definition) is 5. The van der Waals surface area contributed by atoms with Gasteiger partial charge in [-0.3, -0.25) is 5.43 Å². The van der Waals surface area contributed by atoms with E-state index in [9.17, 15) is 4.79 Å². The van der Waals surface area contributed by atoms with Gasteiger partial charge < -0.3 is 0 Å². The van der Waals surface area contributed by atoms with Crippen LogP contribution in [0.15, 0.2) is 52.5 Å². The van der Waals surface area contributed by atoms with Crippen molar-refractivity contribution in [3.05, 3.63) is 58.7 Å². The molecule has 2 N–H and O–H groups in total. The van der Waals surface area contributed by atoms with Crippen LogP contribution < -0.4 is 11.1 Å². The van der Waals surface area contributed by atoms with Gasteiger partial charge in [0.15, 0.2) is 5.82 Å². The molecule has 18 heavy (non-hydrogen) atoms. The van der Waals surface area contributed by atoms with Gasteiger partial charge in [-0.15, -0.1) is 0 Å². The van der Waals surface area contributed by atoms with Crippen molar-refractivity contribution in [3.8, 4) is 0 Å². The molecule has 0 aliphatic heterocycles. The predicted octanol–water partition coefficient (Wildman–Crippen LogP) is 1.28. The molecule has 0 fully saturated rings. The molecule has 90 valence electrons. The van der Waals surface area contributed by atoms with E-state index >= 15 is 0 Å². The van der Waals surface area contributed by atoms with Crippen LogP contribution in [0, 0.1) is 0 Å². The number of hydrogen-bond donors (Lipinski definition) is 2. The summed E-state index contributed by atoms with van der Waals surface area (Å²) in [6, 6.07) is 9.85. The highest BCUT2D eigenvalue weighted by Gasteiger charge is 1.90. The molecule has 1 aromatic heterocycles. The first-order chi connectivity index (χ1) is 8.84. The topological polar surface area (TPSA) is 83.0 Å². The number of aromatic amines is 1. The molecular formula is C12H11N5O. The Morgan fingerprint density at radius 3 is 2.89 bits per heavy atom. The van der Waals surface area contributed by atoms with E-state index in [0.717, 1.165) is 5.56 Å². The van der Waals surface area contributed by atoms with E-state index < -0.39 is 5.69 Å². The maximum absolute atomic E-state index is 10.8. The quantitative estimate of drug-likeness (QED) is 0.624. The Balaban J connectivity index is 1.89. The Bertz CT molecular complexity index is 603. The molecule has 0 bridgehead atoms. The summed E-state index contributed by atoms with van der Waals surface area (Å²) in [4.78, 5) is 14.4. The Labute approximate surface area is 103 Å². The van der Waals surface area contributed by atoms with Crippen molar-refractivity contribution < 1.29 is 0 Å². The molecule has 6 heteroatoms. The molecule has 0 aliphatic carbocycles. The van der Waals surface area contributed by atoms with E-state index in [-0.39, 0.29) is 0 Å². The highest BCUT2D eigenvalue weighted by molar-refractivity contribution is 5.78. The van der Waals surface area contributed by atoms with Gasteiger partial charge in [-0.05, 0) is 11.6 Å². The number of rotatable bonds is 4. The fraction of sp³-hybridized carbons (Fsp3) is 0. The first kappa shape index (κ1) is 11.7. The molecule has 1 aromatic carbocycles. The molecule has 1 heterocycles. The minimum atomic E-state index is -0.518. The summed E-state index contributed by atoms with van der Waals surface area (Å²) in [5, 5.41) is 9.63. The lowest BCUT2D eigenvalue weighted by atomic mass is 10.2. The van der Waals surface area contributed by atoms with E-state index in [1.54, 1.807) is 12.3 Å². The van der Waals surface area contributed by atoms with Gasteiger partial charge in [0.2, 0.25) is 0 Å². The van der Waals surface area contributed by atoms with Crippen molar-refractivity contribution in [2.24, 2.45) is 5.10 Å². The molecule has 0 unspecified atom stereocenters. The Morgan fingerprint density at radius 2 is 2.11 bits per heavy atom. The van der Waals surface area contributed by atoms with Crippen LogP contribution >= 0.6 is 0 Å². The van der Waals surface area contributed by atoms with Gasteiger partial charge in [0.25, 0.3) is 0 Å². The molecule has 2 aromatic rings. The van der Waals surface area contributed by atoms with Crippen molar-refractivity contribution in [1.29, 1.82) is 0 Å². The number of nitrogens with one attached hydrogen (secondary N) is 2. The summed E-state index contributed by atoms with van der Waals surface area (Å²) in [6.45, 7) is 0. The molecule has 0 atom stereocenters. The first-order valence-electron chi connectivity index (χ1n) is 5.27. The SMILES string of the molecule is O=c1nc(N/N=C\C=C\c2ccccc2)cn[nH]1. The predicted molar refractivity (Wildman–Crippen MR) is 70.2 cm³/mol. The van der Waals surface area contributed by atoms with Crippen LogP contribution in [0.1, 0.15) is 5.56 Å². The summed E-state index contributed by atoms with van der Waals surface area (Å²) < 4.78 is 0. The second kappa shape index (κ2) is 6.09. The summed E-state index contributed by atoms with van der Waals surface area (Å²) >= 11 is 0. The second-order valence-electron chi connectivity index (χ2n) is 3.33. The zero-order chi connectivity index (χ0) is 12.6. The molecule has 0 saturated carbocycles. The number of nitrogens with zero attached hydrogens (tertiary/aromatic N) is 3. The highest BCUT2D eigenvalue weighted by Crippen LogP contribution is 1.99. The van der Waals surface area contributed by atoms with E-state index in [1.807, 2.05) is 36.4 Å². The van der Waals surface area contributed by atoms with Crippen LogP contribution in [0.2, 0.25) is 0 Å². The third-order valence-electron chi connectivity index (χ3n) is 2.00. The minimum Gasteiger partial charge on any atom is -0.260 e. The molecular weight excluding hydrogens is 230 g/mol. The monoisotopic (exact) mass is 241 g/mol. The maximum Gasteiger partial charge on any atom is 0.363 e. The molecule has 6 nitrogen and oxygen atoms in total. The number of hydrazone groups is 1. The highest BCUT2D eigenvalue weighted by atomic mass is 16.1. The van der Waals surface area contributed by atoms with Gasteiger partial charge in [0, 0.05) is 6.21 Å². The molecule has 0 radical (unpaired) electrons. The number of anilines is 1. The lowest BCUT2D eigenvalue weighted by Crippen LogP contribution is -2.12. The average molecular weight is 241 g/mol. The number of H-pyrrole nitrogens is 1. The molecule has 0 saturated heterocycles. The smallest absolute Gasteiger partial charge is 0.260 e. The molecule has 0 spiro atoms. The van der Waals surface area contributed by atoms with Crippen LogP contribution in [0.25, 0.3) is 6.08 Å². The van der Waals surface area contributed by atoms with Crippen molar-refractivity contribution >= 4 is 18.1 Å². The van der Waals surface area contributed by atoms with Gasteiger partial charge in [0.1, 0.15) is 0 Å². The standard InChI is InChI=1S/C12H11N5O/c18-12-15-11(9-14-17-12)16-13-8-4-7-10-5-2-1-3-6-10/h1-9H,(H2,15,16,17,18)/b7-4+,13-8-. The van der Waals surface area contributed by atoms with Crippen LogP contribution in [0.5, 0.6) is 0 Å².